The molecule has 4 nitrogen and oxygen atoms in total. The number of aromatic nitrogens is 1. The Labute approximate surface area is 164 Å². The quantitative estimate of drug-likeness (QED) is 0.475. The molecule has 0 fully saturated rings. The molecular formula is C24H23NO3. The van der Waals surface area contributed by atoms with Gasteiger partial charge < -0.3 is 13.9 Å². The number of furan rings is 1. The predicted octanol–water partition coefficient (Wildman–Crippen LogP) is 5.64. The first kappa shape index (κ1) is 18.3. The van der Waals surface area contributed by atoms with E-state index in [0.29, 0.717) is 12.3 Å². The second-order valence-electron chi connectivity index (χ2n) is 6.82. The number of fused-ring (bicyclic) bond motifs is 1. The van der Waals surface area contributed by atoms with Gasteiger partial charge in [-0.25, -0.2) is 4.98 Å². The Morgan fingerprint density at radius 3 is 2.64 bits per heavy atom. The van der Waals surface area contributed by atoms with Crippen molar-refractivity contribution >= 4 is 16.5 Å². The highest BCUT2D eigenvalue weighted by molar-refractivity contribution is 5.82. The van der Waals surface area contributed by atoms with Gasteiger partial charge in [0.05, 0.1) is 18.7 Å². The molecule has 2 heterocycles. The van der Waals surface area contributed by atoms with Gasteiger partial charge in [-0.15, -0.1) is 0 Å². The minimum Gasteiger partial charge on any atom is -0.461 e. The molecule has 0 spiro atoms. The van der Waals surface area contributed by atoms with Gasteiger partial charge in [0.25, 0.3) is 0 Å². The number of aliphatic hydroxyl groups is 1. The maximum Gasteiger partial charge on any atom is 0.226 e. The Kier molecular flexibility index (Phi) is 5.13. The number of hydrogen-bond donors (Lipinski definition) is 1. The lowest BCUT2D eigenvalue weighted by atomic mass is 10.1. The summed E-state index contributed by atoms with van der Waals surface area (Å²) < 4.78 is 12.0. The smallest absolute Gasteiger partial charge is 0.226 e. The highest BCUT2D eigenvalue weighted by Gasteiger charge is 2.16. The van der Waals surface area contributed by atoms with Crippen molar-refractivity contribution in [2.75, 3.05) is 6.61 Å². The molecule has 0 amide bonds. The second kappa shape index (κ2) is 7.87. The van der Waals surface area contributed by atoms with Crippen LogP contribution < -0.4 is 0 Å². The van der Waals surface area contributed by atoms with Crippen LogP contribution in [0.3, 0.4) is 0 Å². The van der Waals surface area contributed by atoms with Gasteiger partial charge in [-0.3, -0.25) is 0 Å². The van der Waals surface area contributed by atoms with Crippen LogP contribution in [0.15, 0.2) is 69.5 Å². The van der Waals surface area contributed by atoms with Gasteiger partial charge >= 0.3 is 0 Å². The molecule has 0 saturated heterocycles. The molecule has 0 aliphatic heterocycles. The third-order valence-electron chi connectivity index (χ3n) is 4.88. The van der Waals surface area contributed by atoms with E-state index in [0.717, 1.165) is 51.3 Å². The molecule has 0 bridgehead atoms. The number of hydrogen-bond acceptors (Lipinski definition) is 4. The molecule has 1 N–H and O–H groups in total. The lowest BCUT2D eigenvalue weighted by molar-refractivity contribution is 0.343. The molecule has 2 aromatic heterocycles. The third kappa shape index (κ3) is 3.64. The number of rotatable bonds is 6. The summed E-state index contributed by atoms with van der Waals surface area (Å²) in [6.45, 7) is 4.10. The number of aliphatic hydroxyl groups excluding tert-OH is 1. The monoisotopic (exact) mass is 373 g/mol. The highest BCUT2D eigenvalue weighted by Crippen LogP contribution is 2.28. The highest BCUT2D eigenvalue weighted by atomic mass is 16.4. The first-order valence-electron chi connectivity index (χ1n) is 9.52. The molecular weight excluding hydrogens is 350 g/mol. The van der Waals surface area contributed by atoms with Crippen molar-refractivity contribution in [3.05, 3.63) is 83.5 Å². The maximum atomic E-state index is 9.10. The van der Waals surface area contributed by atoms with Crippen molar-refractivity contribution in [3.8, 4) is 11.5 Å². The molecule has 0 unspecified atom stereocenters. The summed E-state index contributed by atoms with van der Waals surface area (Å²) in [5, 5.41) is 10.1. The van der Waals surface area contributed by atoms with Crippen LogP contribution in [0.25, 0.3) is 28.0 Å². The Balaban J connectivity index is 1.64. The van der Waals surface area contributed by atoms with Crippen molar-refractivity contribution in [3.63, 3.8) is 0 Å². The fraction of sp³-hybridized carbons (Fsp3) is 0.208. The number of allylic oxidation sites excluding steroid dienone is 1. The average molecular weight is 373 g/mol. The zero-order valence-corrected chi connectivity index (χ0v) is 16.1. The van der Waals surface area contributed by atoms with E-state index < -0.39 is 0 Å². The van der Waals surface area contributed by atoms with E-state index >= 15 is 0 Å². The zero-order valence-electron chi connectivity index (χ0n) is 16.1. The lowest BCUT2D eigenvalue weighted by Gasteiger charge is -2.00. The van der Waals surface area contributed by atoms with Crippen LogP contribution in [-0.4, -0.2) is 16.7 Å². The molecule has 4 heteroatoms. The van der Waals surface area contributed by atoms with E-state index in [2.05, 4.69) is 19.1 Å². The summed E-state index contributed by atoms with van der Waals surface area (Å²) in [7, 11) is 0. The van der Waals surface area contributed by atoms with Gasteiger partial charge in [-0.1, -0.05) is 37.3 Å². The van der Waals surface area contributed by atoms with Crippen molar-refractivity contribution < 1.29 is 13.9 Å². The van der Waals surface area contributed by atoms with Gasteiger partial charge in [-0.2, -0.15) is 0 Å². The molecule has 2 aromatic carbocycles. The summed E-state index contributed by atoms with van der Waals surface area (Å²) in [6.07, 6.45) is 3.18. The first-order chi connectivity index (χ1) is 13.7. The van der Waals surface area contributed by atoms with Crippen LogP contribution in [0.1, 0.15) is 36.6 Å². The van der Waals surface area contributed by atoms with E-state index in [1.807, 2.05) is 49.4 Å². The number of aryl methyl sites for hydroxylation is 1. The Morgan fingerprint density at radius 1 is 1.07 bits per heavy atom. The Bertz CT molecular complexity index is 1120. The maximum absolute atomic E-state index is 9.10. The molecule has 0 aliphatic rings. The second-order valence-corrected chi connectivity index (χ2v) is 6.82. The third-order valence-corrected chi connectivity index (χ3v) is 4.88. The van der Waals surface area contributed by atoms with Crippen LogP contribution in [-0.2, 0) is 12.8 Å². The summed E-state index contributed by atoms with van der Waals surface area (Å²) in [4.78, 5) is 4.72. The number of oxazole rings is 1. The molecule has 4 aromatic rings. The van der Waals surface area contributed by atoms with Gasteiger partial charge in [0.2, 0.25) is 5.89 Å². The van der Waals surface area contributed by atoms with Crippen molar-refractivity contribution in [1.29, 1.82) is 0 Å². The van der Waals surface area contributed by atoms with Gasteiger partial charge in [0.15, 0.2) is 0 Å². The molecule has 0 aliphatic carbocycles. The van der Waals surface area contributed by atoms with Crippen LogP contribution in [0, 0.1) is 0 Å². The van der Waals surface area contributed by atoms with E-state index in [1.54, 1.807) is 6.08 Å². The SMILES string of the molecule is CCc1oc(-c2ccccc2)nc1Cc1cc2cc(/C(C)=C/CO)ccc2o1. The molecule has 0 saturated carbocycles. The minimum atomic E-state index is 0.0379. The number of benzene rings is 2. The van der Waals surface area contributed by atoms with Gasteiger partial charge in [0, 0.05) is 17.4 Å². The molecule has 142 valence electrons. The van der Waals surface area contributed by atoms with E-state index in [-0.39, 0.29) is 6.61 Å². The van der Waals surface area contributed by atoms with Crippen LogP contribution >= 0.6 is 0 Å². The van der Waals surface area contributed by atoms with Gasteiger partial charge in [-0.05, 0) is 48.4 Å². The van der Waals surface area contributed by atoms with Crippen LogP contribution in [0.4, 0.5) is 0 Å². The number of nitrogens with zero attached hydrogens (tertiary/aromatic N) is 1. The van der Waals surface area contributed by atoms with Crippen LogP contribution in [0.2, 0.25) is 0 Å². The zero-order chi connectivity index (χ0) is 19.5. The summed E-state index contributed by atoms with van der Waals surface area (Å²) in [6, 6.07) is 18.1. The van der Waals surface area contributed by atoms with Crippen LogP contribution in [0.5, 0.6) is 0 Å². The fourth-order valence-electron chi connectivity index (χ4n) is 3.35. The Hall–Kier alpha value is -3.11. The summed E-state index contributed by atoms with van der Waals surface area (Å²) in [5.41, 5.74) is 4.86. The average Bonchev–Trinajstić information content (AvgIpc) is 3.31. The largest absolute Gasteiger partial charge is 0.461 e. The minimum absolute atomic E-state index is 0.0379. The standard InChI is InChI=1S/C24H23NO3/c1-3-22-21(25-24(28-22)17-7-5-4-6-8-17)15-20-14-19-13-18(16(2)11-12-26)9-10-23(19)27-20/h4-11,13-14,26H,3,12,15H2,1-2H3/b16-11+. The lowest BCUT2D eigenvalue weighted by Crippen LogP contribution is -1.91. The molecule has 0 radical (unpaired) electrons. The Morgan fingerprint density at radius 2 is 1.89 bits per heavy atom. The molecule has 4 rings (SSSR count). The fourth-order valence-corrected chi connectivity index (χ4v) is 3.35. The van der Waals surface area contributed by atoms with E-state index in [1.165, 1.54) is 0 Å². The topological polar surface area (TPSA) is 59.4 Å². The first-order valence-corrected chi connectivity index (χ1v) is 9.52. The van der Waals surface area contributed by atoms with Crippen molar-refractivity contribution in [2.24, 2.45) is 0 Å². The normalized spacial score (nSPS) is 12.0. The van der Waals surface area contributed by atoms with Crippen molar-refractivity contribution in [1.82, 2.24) is 4.98 Å². The molecule has 0 atom stereocenters. The summed E-state index contributed by atoms with van der Waals surface area (Å²) in [5.74, 6) is 2.40. The van der Waals surface area contributed by atoms with E-state index in [9.17, 15) is 0 Å². The molecule has 28 heavy (non-hydrogen) atoms. The predicted molar refractivity (Wildman–Crippen MR) is 111 cm³/mol. The van der Waals surface area contributed by atoms with Gasteiger partial charge in [0.1, 0.15) is 17.1 Å². The van der Waals surface area contributed by atoms with Crippen molar-refractivity contribution in [2.45, 2.75) is 26.7 Å². The summed E-state index contributed by atoms with van der Waals surface area (Å²) >= 11 is 0. The van der Waals surface area contributed by atoms with E-state index in [4.69, 9.17) is 18.9 Å².